The summed E-state index contributed by atoms with van der Waals surface area (Å²) in [6.07, 6.45) is 4.63. The van der Waals surface area contributed by atoms with Gasteiger partial charge in [0.1, 0.15) is 16.7 Å². The van der Waals surface area contributed by atoms with E-state index in [-0.39, 0.29) is 11.9 Å². The summed E-state index contributed by atoms with van der Waals surface area (Å²) in [6.45, 7) is 1.05. The van der Waals surface area contributed by atoms with Crippen LogP contribution in [0, 0.1) is 0 Å². The van der Waals surface area contributed by atoms with Gasteiger partial charge in [-0.25, -0.2) is 0 Å². The number of thiocarbonyl (C=S) groups is 1. The van der Waals surface area contributed by atoms with Crippen molar-refractivity contribution in [3.05, 3.63) is 70.6 Å². The molecular formula is C24H25NO4S2. The topological polar surface area (TPSA) is 55.8 Å². The van der Waals surface area contributed by atoms with Gasteiger partial charge in [-0.2, -0.15) is 0 Å². The summed E-state index contributed by atoms with van der Waals surface area (Å²) < 4.78 is 11.1. The van der Waals surface area contributed by atoms with Crippen molar-refractivity contribution in [3.8, 4) is 5.75 Å². The second kappa shape index (κ2) is 11.7. The highest BCUT2D eigenvalue weighted by Gasteiger charge is 2.31. The van der Waals surface area contributed by atoms with Gasteiger partial charge in [0.2, 0.25) is 0 Å². The Balaban J connectivity index is 1.55. The Morgan fingerprint density at radius 3 is 2.68 bits per heavy atom. The molecular weight excluding hydrogens is 430 g/mol. The van der Waals surface area contributed by atoms with Gasteiger partial charge in [-0.05, 0) is 42.2 Å². The molecule has 1 aliphatic rings. The summed E-state index contributed by atoms with van der Waals surface area (Å²) in [6, 6.07) is 17.6. The zero-order valence-electron chi connectivity index (χ0n) is 17.4. The van der Waals surface area contributed by atoms with E-state index in [9.17, 15) is 9.59 Å². The zero-order chi connectivity index (χ0) is 22.1. The van der Waals surface area contributed by atoms with Gasteiger partial charge in [0.05, 0.1) is 12.0 Å². The van der Waals surface area contributed by atoms with Crippen LogP contribution in [0.2, 0.25) is 0 Å². The van der Waals surface area contributed by atoms with Crippen molar-refractivity contribution in [1.82, 2.24) is 4.90 Å². The number of methoxy groups -OCH3 is 1. The Morgan fingerprint density at radius 2 is 1.90 bits per heavy atom. The van der Waals surface area contributed by atoms with E-state index in [0.717, 1.165) is 36.1 Å². The molecule has 31 heavy (non-hydrogen) atoms. The number of hydrogen-bond acceptors (Lipinski definition) is 6. The Kier molecular flexibility index (Phi) is 8.67. The highest BCUT2D eigenvalue weighted by Crippen LogP contribution is 2.33. The lowest BCUT2D eigenvalue weighted by Gasteiger charge is -2.13. The summed E-state index contributed by atoms with van der Waals surface area (Å²) in [5.41, 5.74) is 1.99. The molecule has 0 unspecified atom stereocenters. The van der Waals surface area contributed by atoms with Gasteiger partial charge in [0.25, 0.3) is 5.91 Å². The van der Waals surface area contributed by atoms with Crippen molar-refractivity contribution in [2.45, 2.75) is 32.3 Å². The van der Waals surface area contributed by atoms with Gasteiger partial charge in [-0.3, -0.25) is 14.5 Å². The van der Waals surface area contributed by atoms with Crippen LogP contribution in [0.5, 0.6) is 5.75 Å². The van der Waals surface area contributed by atoms with E-state index >= 15 is 0 Å². The molecule has 2 aromatic carbocycles. The molecule has 3 rings (SSSR count). The molecule has 1 fully saturated rings. The second-order valence-corrected chi connectivity index (χ2v) is 8.74. The Morgan fingerprint density at radius 1 is 1.10 bits per heavy atom. The molecule has 0 atom stereocenters. The van der Waals surface area contributed by atoms with Gasteiger partial charge in [-0.15, -0.1) is 0 Å². The first-order valence-electron chi connectivity index (χ1n) is 10.2. The van der Waals surface area contributed by atoms with Crippen LogP contribution in [0.3, 0.4) is 0 Å². The van der Waals surface area contributed by atoms with Gasteiger partial charge in [-0.1, -0.05) is 72.9 Å². The third-order valence-corrected chi connectivity index (χ3v) is 6.15. The van der Waals surface area contributed by atoms with E-state index in [1.54, 1.807) is 4.90 Å². The van der Waals surface area contributed by atoms with Crippen molar-refractivity contribution in [2.75, 3.05) is 13.7 Å². The molecule has 5 nitrogen and oxygen atoms in total. The number of carbonyl (C=O) groups excluding carboxylic acids is 2. The molecule has 7 heteroatoms. The number of benzene rings is 2. The van der Waals surface area contributed by atoms with E-state index in [1.807, 2.05) is 60.7 Å². The average molecular weight is 456 g/mol. The first-order valence-corrected chi connectivity index (χ1v) is 11.4. The minimum Gasteiger partial charge on any atom is -0.489 e. The molecule has 1 amide bonds. The Bertz CT molecular complexity index is 959. The number of ether oxygens (including phenoxy) is 2. The van der Waals surface area contributed by atoms with Crippen LogP contribution in [-0.2, 0) is 20.9 Å². The second-order valence-electron chi connectivity index (χ2n) is 7.07. The van der Waals surface area contributed by atoms with Crippen LogP contribution in [0.25, 0.3) is 6.08 Å². The quantitative estimate of drug-likeness (QED) is 0.212. The first-order chi connectivity index (χ1) is 15.1. The molecule has 0 aliphatic carbocycles. The third-order valence-electron chi connectivity index (χ3n) is 4.77. The summed E-state index contributed by atoms with van der Waals surface area (Å²) >= 11 is 6.72. The number of esters is 1. The average Bonchev–Trinajstić information content (AvgIpc) is 3.05. The van der Waals surface area contributed by atoms with Crippen LogP contribution >= 0.6 is 24.0 Å². The fourth-order valence-corrected chi connectivity index (χ4v) is 4.41. The van der Waals surface area contributed by atoms with Gasteiger partial charge < -0.3 is 9.47 Å². The zero-order valence-corrected chi connectivity index (χ0v) is 19.0. The molecule has 1 heterocycles. The van der Waals surface area contributed by atoms with Crippen LogP contribution in [0.15, 0.2) is 59.5 Å². The summed E-state index contributed by atoms with van der Waals surface area (Å²) in [5.74, 6) is 0.473. The number of thioether (sulfide) groups is 1. The van der Waals surface area contributed by atoms with E-state index in [1.165, 1.54) is 18.9 Å². The maximum Gasteiger partial charge on any atom is 0.305 e. The smallest absolute Gasteiger partial charge is 0.305 e. The van der Waals surface area contributed by atoms with Crippen LogP contribution in [0.4, 0.5) is 0 Å². The predicted molar refractivity (Wildman–Crippen MR) is 128 cm³/mol. The lowest BCUT2D eigenvalue weighted by molar-refractivity contribution is -0.140. The molecule has 0 bridgehead atoms. The van der Waals surface area contributed by atoms with E-state index in [4.69, 9.17) is 17.0 Å². The largest absolute Gasteiger partial charge is 0.489 e. The summed E-state index contributed by atoms with van der Waals surface area (Å²) in [5, 5.41) is 0. The fraction of sp³-hybridized carbons (Fsp3) is 0.292. The highest BCUT2D eigenvalue weighted by molar-refractivity contribution is 8.26. The highest BCUT2D eigenvalue weighted by atomic mass is 32.2. The normalized spacial score (nSPS) is 14.9. The molecule has 2 aromatic rings. The van der Waals surface area contributed by atoms with Crippen LogP contribution in [0.1, 0.15) is 36.8 Å². The molecule has 0 radical (unpaired) electrons. The number of nitrogens with zero attached hydrogens (tertiary/aromatic N) is 1. The van der Waals surface area contributed by atoms with Crippen LogP contribution < -0.4 is 4.74 Å². The number of carbonyl (C=O) groups is 2. The SMILES string of the molecule is COC(=O)CCCCCN1C(=O)/C(=C/c2cccc(OCc3ccccc3)c2)SC1=S. The van der Waals surface area contributed by atoms with Gasteiger partial charge >= 0.3 is 5.97 Å². The lowest BCUT2D eigenvalue weighted by atomic mass is 10.2. The number of amides is 1. The Labute approximate surface area is 192 Å². The molecule has 162 valence electrons. The monoisotopic (exact) mass is 455 g/mol. The Hall–Kier alpha value is -2.64. The molecule has 1 aliphatic heterocycles. The summed E-state index contributed by atoms with van der Waals surface area (Å²) in [7, 11) is 1.39. The summed E-state index contributed by atoms with van der Waals surface area (Å²) in [4.78, 5) is 26.2. The van der Waals surface area contributed by atoms with Crippen molar-refractivity contribution < 1.29 is 19.1 Å². The van der Waals surface area contributed by atoms with Crippen LogP contribution in [-0.4, -0.2) is 34.8 Å². The van der Waals surface area contributed by atoms with Crippen molar-refractivity contribution >= 4 is 46.3 Å². The maximum atomic E-state index is 12.8. The van der Waals surface area contributed by atoms with Gasteiger partial charge in [0, 0.05) is 13.0 Å². The van der Waals surface area contributed by atoms with E-state index in [0.29, 0.717) is 28.8 Å². The fourth-order valence-electron chi connectivity index (χ4n) is 3.10. The molecule has 0 aromatic heterocycles. The molecule has 0 N–H and O–H groups in total. The van der Waals surface area contributed by atoms with Crippen molar-refractivity contribution in [2.24, 2.45) is 0 Å². The van der Waals surface area contributed by atoms with E-state index < -0.39 is 0 Å². The maximum absolute atomic E-state index is 12.8. The molecule has 1 saturated heterocycles. The first kappa shape index (κ1) is 23.0. The van der Waals surface area contributed by atoms with Gasteiger partial charge in [0.15, 0.2) is 0 Å². The number of hydrogen-bond donors (Lipinski definition) is 0. The standard InChI is InChI=1S/C24H25NO4S2/c1-28-22(26)13-6-3-7-14-25-23(27)21(31-24(25)30)16-19-11-8-12-20(15-19)29-17-18-9-4-2-5-10-18/h2,4-5,8-12,15-16H,3,6-7,13-14,17H2,1H3/b21-16-. The minimum atomic E-state index is -0.205. The molecule has 0 spiro atoms. The number of rotatable bonds is 10. The van der Waals surface area contributed by atoms with Crippen molar-refractivity contribution in [3.63, 3.8) is 0 Å². The lowest BCUT2D eigenvalue weighted by Crippen LogP contribution is -2.29. The number of unbranched alkanes of at least 4 members (excludes halogenated alkanes) is 2. The minimum absolute atomic E-state index is 0.0708. The predicted octanol–water partition coefficient (Wildman–Crippen LogP) is 5.20. The van der Waals surface area contributed by atoms with Crippen molar-refractivity contribution in [1.29, 1.82) is 0 Å². The van der Waals surface area contributed by atoms with E-state index in [2.05, 4.69) is 4.74 Å². The third kappa shape index (κ3) is 6.94. The molecule has 0 saturated carbocycles.